The van der Waals surface area contributed by atoms with Crippen molar-refractivity contribution in [2.24, 2.45) is 0 Å². The molecule has 0 fully saturated rings. The fraction of sp³-hybridized carbons (Fsp3) is 0.182. The Kier molecular flexibility index (Phi) is 10.4. The third-order valence-corrected chi connectivity index (χ3v) is 24.5. The van der Waals surface area contributed by atoms with Gasteiger partial charge in [-0.15, -0.1) is 0 Å². The van der Waals surface area contributed by atoms with Crippen molar-refractivity contribution in [1.29, 1.82) is 0 Å². The zero-order valence-corrected chi connectivity index (χ0v) is 32.5. The SMILES string of the molecule is CN(CCO[Si](c1ccccc1)(c1ccccc1)C(C)(C)C)c1ccc(CP(Br)(c2ccccc2)(c2ccccc2)c2ccccc2)cc1. The molecular formula is C44H47BrNOPSi. The van der Waals surface area contributed by atoms with E-state index >= 15 is 0 Å². The van der Waals surface area contributed by atoms with Gasteiger partial charge in [0.15, 0.2) is 0 Å². The van der Waals surface area contributed by atoms with Crippen molar-refractivity contribution in [3.8, 4) is 0 Å². The summed E-state index contributed by atoms with van der Waals surface area (Å²) in [5, 5.41) is 3.48. The van der Waals surface area contributed by atoms with E-state index in [9.17, 15) is 0 Å². The van der Waals surface area contributed by atoms with Crippen LogP contribution in [0.1, 0.15) is 26.3 Å². The molecule has 0 saturated heterocycles. The summed E-state index contributed by atoms with van der Waals surface area (Å²) >= 11 is 4.62. The third-order valence-electron chi connectivity index (χ3n) is 9.90. The number of hydrogen-bond donors (Lipinski definition) is 0. The van der Waals surface area contributed by atoms with Crippen molar-refractivity contribution < 1.29 is 4.43 Å². The fourth-order valence-corrected chi connectivity index (χ4v) is 19.6. The Morgan fingerprint density at radius 3 is 1.29 bits per heavy atom. The van der Waals surface area contributed by atoms with Gasteiger partial charge in [0.05, 0.1) is 0 Å². The Labute approximate surface area is 302 Å². The molecule has 49 heavy (non-hydrogen) atoms. The van der Waals surface area contributed by atoms with E-state index < -0.39 is 13.6 Å². The molecule has 0 saturated carbocycles. The Hall–Kier alpha value is -3.79. The molecule has 6 aromatic carbocycles. The van der Waals surface area contributed by atoms with E-state index in [1.807, 2.05) is 0 Å². The van der Waals surface area contributed by atoms with Crippen molar-refractivity contribution in [3.63, 3.8) is 0 Å². The number of nitrogens with zero attached hydrogens (tertiary/aromatic N) is 1. The average Bonchev–Trinajstić information content (AvgIpc) is 3.15. The third kappa shape index (κ3) is 6.73. The van der Waals surface area contributed by atoms with Crippen LogP contribution in [0.25, 0.3) is 0 Å². The summed E-state index contributed by atoms with van der Waals surface area (Å²) < 4.78 is 7.20. The van der Waals surface area contributed by atoms with Crippen LogP contribution in [0.15, 0.2) is 176 Å². The van der Waals surface area contributed by atoms with Crippen molar-refractivity contribution in [2.45, 2.75) is 32.0 Å². The zero-order chi connectivity index (χ0) is 34.4. The summed E-state index contributed by atoms with van der Waals surface area (Å²) in [6.45, 7) is 8.44. The predicted molar refractivity (Wildman–Crippen MR) is 221 cm³/mol. The van der Waals surface area contributed by atoms with Gasteiger partial charge >= 0.3 is 268 Å². The van der Waals surface area contributed by atoms with Gasteiger partial charge in [0.2, 0.25) is 0 Å². The Balaban J connectivity index is 1.28. The Morgan fingerprint density at radius 2 is 0.918 bits per heavy atom. The summed E-state index contributed by atoms with van der Waals surface area (Å²) in [5.41, 5.74) is 2.48. The van der Waals surface area contributed by atoms with E-state index in [1.165, 1.54) is 37.5 Å². The van der Waals surface area contributed by atoms with Crippen LogP contribution < -0.4 is 31.2 Å². The Morgan fingerprint density at radius 1 is 0.551 bits per heavy atom. The van der Waals surface area contributed by atoms with Crippen LogP contribution in [-0.2, 0) is 10.6 Å². The van der Waals surface area contributed by atoms with Crippen LogP contribution in [-0.4, -0.2) is 28.5 Å². The van der Waals surface area contributed by atoms with Gasteiger partial charge in [-0.1, -0.05) is 36.4 Å². The van der Waals surface area contributed by atoms with Crippen LogP contribution in [0.3, 0.4) is 0 Å². The van der Waals surface area contributed by atoms with Crippen LogP contribution in [0.4, 0.5) is 5.69 Å². The molecular weight excluding hydrogens is 697 g/mol. The molecule has 0 radical (unpaired) electrons. The van der Waals surface area contributed by atoms with Gasteiger partial charge in [-0.3, -0.25) is 0 Å². The van der Waals surface area contributed by atoms with Crippen molar-refractivity contribution in [2.75, 3.05) is 25.1 Å². The van der Waals surface area contributed by atoms with Crippen LogP contribution in [0, 0.1) is 0 Å². The van der Waals surface area contributed by atoms with Gasteiger partial charge in [-0.25, -0.2) is 0 Å². The van der Waals surface area contributed by atoms with E-state index in [0.717, 1.165) is 12.7 Å². The maximum atomic E-state index is 7.20. The van der Waals surface area contributed by atoms with Crippen LogP contribution in [0.5, 0.6) is 0 Å². The molecule has 6 aromatic rings. The van der Waals surface area contributed by atoms with Gasteiger partial charge in [0, 0.05) is 0 Å². The molecule has 2 nitrogen and oxygen atoms in total. The minimum absolute atomic E-state index is 0.0476. The van der Waals surface area contributed by atoms with Crippen molar-refractivity contribution in [3.05, 3.63) is 181 Å². The van der Waals surface area contributed by atoms with E-state index in [0.29, 0.717) is 6.61 Å². The summed E-state index contributed by atoms with van der Waals surface area (Å²) in [5.74, 6) is 0. The fourth-order valence-electron chi connectivity index (χ4n) is 7.36. The number of halogens is 1. The quantitative estimate of drug-likeness (QED) is 0.0917. The van der Waals surface area contributed by atoms with E-state index in [2.05, 4.69) is 224 Å². The van der Waals surface area contributed by atoms with E-state index in [1.54, 1.807) is 0 Å². The van der Waals surface area contributed by atoms with E-state index in [4.69, 9.17) is 4.43 Å². The van der Waals surface area contributed by atoms with Crippen molar-refractivity contribution in [1.82, 2.24) is 0 Å². The zero-order valence-electron chi connectivity index (χ0n) is 29.0. The number of rotatable bonds is 12. The molecule has 0 bridgehead atoms. The van der Waals surface area contributed by atoms with Gasteiger partial charge in [-0.05, 0) is 0 Å². The molecule has 5 heteroatoms. The summed E-state index contributed by atoms with van der Waals surface area (Å²) in [7, 11) is -0.413. The molecule has 0 amide bonds. The molecule has 0 N–H and O–H groups in total. The number of anilines is 1. The maximum absolute atomic E-state index is 7.20. The van der Waals surface area contributed by atoms with Crippen molar-refractivity contribution >= 4 is 61.1 Å². The average molecular weight is 745 g/mol. The summed E-state index contributed by atoms with van der Waals surface area (Å²) in [4.78, 5) is 2.32. The van der Waals surface area contributed by atoms with Crippen LogP contribution in [0.2, 0.25) is 5.04 Å². The van der Waals surface area contributed by atoms with E-state index in [-0.39, 0.29) is 5.04 Å². The minimum atomic E-state index is -3.07. The second kappa shape index (κ2) is 14.6. The molecule has 0 unspecified atom stereocenters. The van der Waals surface area contributed by atoms with Gasteiger partial charge in [0.1, 0.15) is 0 Å². The molecule has 0 spiro atoms. The first-order valence-corrected chi connectivity index (χ1v) is 23.5. The monoisotopic (exact) mass is 743 g/mol. The normalized spacial score (nSPS) is 13.0. The van der Waals surface area contributed by atoms with Gasteiger partial charge in [0.25, 0.3) is 0 Å². The first-order chi connectivity index (χ1) is 23.7. The first-order valence-electron chi connectivity index (χ1n) is 17.1. The molecule has 6 rings (SSSR count). The number of hydrogen-bond acceptors (Lipinski definition) is 2. The molecule has 0 aromatic heterocycles. The molecule has 0 aliphatic heterocycles. The number of likely N-dealkylation sites (N-methyl/N-ethyl adjacent to an activating group) is 1. The molecule has 250 valence electrons. The van der Waals surface area contributed by atoms with Gasteiger partial charge in [-0.2, -0.15) is 0 Å². The first kappa shape index (κ1) is 35.0. The second-order valence-electron chi connectivity index (χ2n) is 13.9. The summed E-state index contributed by atoms with van der Waals surface area (Å²) in [6, 6.07) is 64.0. The number of benzene rings is 6. The standard InChI is InChI=1S/C44H47BrNOPSi/c1-44(2,3)49(42-26-16-8-17-27-42,43-28-18-9-19-29-43)47-35-34-46(4)38-32-30-37(31-33-38)36-48(45,39-20-10-5-11-21-39,40-22-12-6-13-23-40)41-24-14-7-15-25-41/h5-33H,34-36H2,1-4H3. The molecule has 0 atom stereocenters. The van der Waals surface area contributed by atoms with Crippen LogP contribution >= 0.6 is 20.8 Å². The second-order valence-corrected chi connectivity index (χ2v) is 27.2. The topological polar surface area (TPSA) is 12.5 Å². The molecule has 0 aliphatic rings. The predicted octanol–water partition coefficient (Wildman–Crippen LogP) is 9.04. The molecule has 0 heterocycles. The summed E-state index contributed by atoms with van der Waals surface area (Å²) in [6.07, 6.45) is 0.866. The molecule has 0 aliphatic carbocycles. The Bertz CT molecular complexity index is 1780. The van der Waals surface area contributed by atoms with Gasteiger partial charge < -0.3 is 0 Å².